The van der Waals surface area contributed by atoms with Gasteiger partial charge in [0.1, 0.15) is 24.4 Å². The second-order valence-electron chi connectivity index (χ2n) is 4.99. The number of aliphatic hydroxyl groups is 2. The number of rotatable bonds is 5. The fourth-order valence-corrected chi connectivity index (χ4v) is 2.75. The second-order valence-corrected chi connectivity index (χ2v) is 5.68. The molecule has 1 saturated heterocycles. The Balaban J connectivity index is 2.14. The molecule has 6 atom stereocenters. The molecule has 22 heavy (non-hydrogen) atoms. The summed E-state index contributed by atoms with van der Waals surface area (Å²) in [5.74, 6) is 0. The highest BCUT2D eigenvalue weighted by atomic mass is 31.1. The fourth-order valence-electron chi connectivity index (χ4n) is 2.36. The number of hydrogen-bond donors (Lipinski definition) is 5. The van der Waals surface area contributed by atoms with E-state index in [1.807, 2.05) is 4.98 Å². The second kappa shape index (κ2) is 6.78. The van der Waals surface area contributed by atoms with Crippen LogP contribution in [0.25, 0.3) is 0 Å². The number of nitrogens with one attached hydrogen (secondary N) is 2. The van der Waals surface area contributed by atoms with Crippen molar-refractivity contribution in [2.75, 3.05) is 0 Å². The molecule has 0 radical (unpaired) electrons. The van der Waals surface area contributed by atoms with E-state index in [0.717, 1.165) is 6.20 Å². The Kier molecular flexibility index (Phi) is 5.22. The molecule has 0 saturated carbocycles. The van der Waals surface area contributed by atoms with Crippen LogP contribution in [-0.2, 0) is 13.8 Å². The van der Waals surface area contributed by atoms with E-state index in [-0.39, 0.29) is 12.0 Å². The van der Waals surface area contributed by atoms with Gasteiger partial charge in [0, 0.05) is 17.2 Å². The summed E-state index contributed by atoms with van der Waals surface area (Å²) in [6, 6.07) is 0. The average molecular weight is 335 g/mol. The Bertz CT molecular complexity index is 658. The molecule has 0 aliphatic carbocycles. The van der Waals surface area contributed by atoms with Crippen LogP contribution in [0.1, 0.15) is 25.0 Å². The normalized spacial score (nSPS) is 30.3. The number of ether oxygens (including phenoxy) is 1. The molecule has 122 valence electrons. The number of aromatic nitrogens is 2. The maximum Gasteiger partial charge on any atom is 0.694 e. The summed E-state index contributed by atoms with van der Waals surface area (Å²) < 4.78 is 20.7. The van der Waals surface area contributed by atoms with Gasteiger partial charge in [0.15, 0.2) is 0 Å². The molecule has 2 rings (SSSR count). The highest BCUT2D eigenvalue weighted by Gasteiger charge is 2.45. The topological polar surface area (TPSA) is 162 Å². The van der Waals surface area contributed by atoms with Crippen molar-refractivity contribution in [3.05, 3.63) is 32.6 Å². The summed E-state index contributed by atoms with van der Waals surface area (Å²) in [6.07, 6.45) is -4.27. The number of hydrogen-bond acceptors (Lipinski definition) is 7. The Morgan fingerprint density at radius 2 is 2.09 bits per heavy atom. The monoisotopic (exact) mass is 335 g/mol. The molecular weight excluding hydrogens is 319 g/mol. The molecule has 1 aliphatic rings. The molecule has 1 fully saturated rings. The van der Waals surface area contributed by atoms with Gasteiger partial charge in [0.05, 0.1) is 11.7 Å². The van der Waals surface area contributed by atoms with E-state index < -0.39 is 50.0 Å². The average Bonchev–Trinajstić information content (AvgIpc) is 2.66. The van der Waals surface area contributed by atoms with Gasteiger partial charge in [-0.05, 0) is 6.92 Å². The van der Waals surface area contributed by atoms with E-state index in [1.54, 1.807) is 0 Å². The lowest BCUT2D eigenvalue weighted by molar-refractivity contribution is -0.0145. The lowest BCUT2D eigenvalue weighted by Gasteiger charge is -2.15. The van der Waals surface area contributed by atoms with Gasteiger partial charge in [0.2, 0.25) is 0 Å². The van der Waals surface area contributed by atoms with Crippen LogP contribution in [0.15, 0.2) is 15.8 Å². The molecular formula is C11H16N2O8P+. The predicted octanol–water partition coefficient (Wildman–Crippen LogP) is -1.33. The van der Waals surface area contributed by atoms with Gasteiger partial charge in [-0.1, -0.05) is 0 Å². The molecule has 0 spiro atoms. The van der Waals surface area contributed by atoms with Crippen LogP contribution in [0.3, 0.4) is 0 Å². The standard InChI is InChI=1S/C11H15N2O8P/c1-4(21-22(18)19)2-6-7(14)8(15)9(20-6)5-3-12-11(17)13-10(5)16/h3-4,6-9,14-15H,2H2,1H3,(H2-,12,13,16,17,18,19)/p+1/t4?,6-,7-,8-,9?/m1/s1. The van der Waals surface area contributed by atoms with Crippen molar-refractivity contribution in [2.24, 2.45) is 0 Å². The number of H-pyrrole nitrogens is 2. The van der Waals surface area contributed by atoms with Crippen molar-refractivity contribution in [3.63, 3.8) is 0 Å². The largest absolute Gasteiger partial charge is 0.694 e. The van der Waals surface area contributed by atoms with Crippen LogP contribution in [0, 0.1) is 0 Å². The first-order valence-electron chi connectivity index (χ1n) is 6.46. The van der Waals surface area contributed by atoms with Crippen LogP contribution < -0.4 is 11.2 Å². The van der Waals surface area contributed by atoms with Crippen LogP contribution in [-0.4, -0.2) is 49.5 Å². The molecule has 1 aromatic heterocycles. The van der Waals surface area contributed by atoms with Crippen molar-refractivity contribution >= 4 is 8.25 Å². The minimum atomic E-state index is -2.79. The van der Waals surface area contributed by atoms with Crippen molar-refractivity contribution in [1.29, 1.82) is 0 Å². The first-order valence-corrected chi connectivity index (χ1v) is 7.59. The SMILES string of the molecule is CC(C[C@H]1OC(c2c[nH]c(=O)[nH]c2=O)[C@H](O)[C@@H]1O)O[P+](=O)O. The van der Waals surface area contributed by atoms with Crippen molar-refractivity contribution < 1.29 is 28.9 Å². The van der Waals surface area contributed by atoms with Gasteiger partial charge in [-0.15, -0.1) is 9.42 Å². The Morgan fingerprint density at radius 3 is 2.68 bits per heavy atom. The third kappa shape index (κ3) is 3.67. The first-order chi connectivity index (χ1) is 10.3. The molecule has 11 heteroatoms. The third-order valence-electron chi connectivity index (χ3n) is 3.35. The van der Waals surface area contributed by atoms with Gasteiger partial charge in [-0.25, -0.2) is 4.79 Å². The van der Waals surface area contributed by atoms with E-state index >= 15 is 0 Å². The summed E-state index contributed by atoms with van der Waals surface area (Å²) in [7, 11) is -2.79. The lowest BCUT2D eigenvalue weighted by atomic mass is 10.0. The van der Waals surface area contributed by atoms with Crippen molar-refractivity contribution in [3.8, 4) is 0 Å². The summed E-state index contributed by atoms with van der Waals surface area (Å²) in [5, 5.41) is 20.0. The van der Waals surface area contributed by atoms with E-state index in [1.165, 1.54) is 6.92 Å². The predicted molar refractivity (Wildman–Crippen MR) is 72.3 cm³/mol. The van der Waals surface area contributed by atoms with Crippen LogP contribution >= 0.6 is 8.25 Å². The molecule has 1 aromatic rings. The highest BCUT2D eigenvalue weighted by molar-refractivity contribution is 7.32. The number of aliphatic hydroxyl groups excluding tert-OH is 2. The summed E-state index contributed by atoms with van der Waals surface area (Å²) >= 11 is 0. The molecule has 5 N–H and O–H groups in total. The molecule has 0 amide bonds. The molecule has 0 aromatic carbocycles. The van der Waals surface area contributed by atoms with Crippen LogP contribution in [0.4, 0.5) is 0 Å². The maximum atomic E-state index is 11.7. The van der Waals surface area contributed by atoms with E-state index in [9.17, 15) is 24.4 Å². The zero-order valence-electron chi connectivity index (χ0n) is 11.5. The first kappa shape index (κ1) is 16.9. The highest BCUT2D eigenvalue weighted by Crippen LogP contribution is 2.34. The lowest BCUT2D eigenvalue weighted by Crippen LogP contribution is -2.34. The van der Waals surface area contributed by atoms with Crippen molar-refractivity contribution in [2.45, 2.75) is 43.9 Å². The molecule has 10 nitrogen and oxygen atoms in total. The smallest absolute Gasteiger partial charge is 0.388 e. The summed E-state index contributed by atoms with van der Waals surface area (Å²) in [5.41, 5.74) is -1.47. The minimum Gasteiger partial charge on any atom is -0.388 e. The number of aromatic amines is 2. The molecule has 2 heterocycles. The Hall–Kier alpha value is -1.42. The quantitative estimate of drug-likeness (QED) is 0.413. The van der Waals surface area contributed by atoms with E-state index in [4.69, 9.17) is 9.63 Å². The zero-order chi connectivity index (χ0) is 16.4. The summed E-state index contributed by atoms with van der Waals surface area (Å²) in [4.78, 5) is 35.6. The van der Waals surface area contributed by atoms with Gasteiger partial charge >= 0.3 is 13.9 Å². The molecule has 0 bridgehead atoms. The van der Waals surface area contributed by atoms with Gasteiger partial charge < -0.3 is 19.9 Å². The van der Waals surface area contributed by atoms with Gasteiger partial charge in [0.25, 0.3) is 5.56 Å². The van der Waals surface area contributed by atoms with E-state index in [0.29, 0.717) is 0 Å². The Morgan fingerprint density at radius 1 is 1.41 bits per heavy atom. The zero-order valence-corrected chi connectivity index (χ0v) is 12.4. The fraction of sp³-hybridized carbons (Fsp3) is 0.636. The Labute approximate surface area is 124 Å². The minimum absolute atomic E-state index is 0.0320. The molecule has 3 unspecified atom stereocenters. The van der Waals surface area contributed by atoms with Crippen LogP contribution in [0.2, 0.25) is 0 Å². The summed E-state index contributed by atoms with van der Waals surface area (Å²) in [6.45, 7) is 1.51. The van der Waals surface area contributed by atoms with E-state index in [2.05, 4.69) is 9.51 Å². The maximum absolute atomic E-state index is 11.7. The van der Waals surface area contributed by atoms with Gasteiger partial charge in [-0.2, -0.15) is 0 Å². The third-order valence-corrected chi connectivity index (χ3v) is 3.89. The van der Waals surface area contributed by atoms with Crippen molar-refractivity contribution in [1.82, 2.24) is 9.97 Å². The molecule has 1 aliphatic heterocycles. The van der Waals surface area contributed by atoms with Crippen LogP contribution in [0.5, 0.6) is 0 Å². The van der Waals surface area contributed by atoms with Gasteiger partial charge in [-0.3, -0.25) is 9.78 Å².